The van der Waals surface area contributed by atoms with Crippen LogP contribution in [0, 0.1) is 11.7 Å². The van der Waals surface area contributed by atoms with Gasteiger partial charge in [-0.25, -0.2) is 4.39 Å². The molecule has 2 atom stereocenters. The van der Waals surface area contributed by atoms with Gasteiger partial charge in [-0.05, 0) is 48.8 Å². The summed E-state index contributed by atoms with van der Waals surface area (Å²) in [5, 5.41) is 6.88. The number of rotatable bonds is 5. The van der Waals surface area contributed by atoms with Crippen molar-refractivity contribution in [1.82, 2.24) is 15.5 Å². The van der Waals surface area contributed by atoms with Crippen LogP contribution in [0.25, 0.3) is 0 Å². The van der Waals surface area contributed by atoms with Gasteiger partial charge in [-0.3, -0.25) is 9.89 Å². The van der Waals surface area contributed by atoms with Crippen LogP contribution in [0.2, 0.25) is 0 Å². The summed E-state index contributed by atoms with van der Waals surface area (Å²) in [6.45, 7) is 5.12. The van der Waals surface area contributed by atoms with Gasteiger partial charge in [0.05, 0.1) is 0 Å². The monoisotopic (exact) mass is 350 g/mol. The summed E-state index contributed by atoms with van der Waals surface area (Å²) < 4.78 is 13.5. The number of hydrogen-bond donors (Lipinski definition) is 2. The van der Waals surface area contributed by atoms with Gasteiger partial charge >= 0.3 is 0 Å². The van der Waals surface area contributed by atoms with Crippen molar-refractivity contribution in [3.05, 3.63) is 29.6 Å². The highest BCUT2D eigenvalue weighted by atomic mass is 32.2. The molecule has 0 spiro atoms. The molecular formula is C18H27FN4S. The van der Waals surface area contributed by atoms with Crippen molar-refractivity contribution >= 4 is 17.7 Å². The van der Waals surface area contributed by atoms with E-state index in [0.717, 1.165) is 29.0 Å². The van der Waals surface area contributed by atoms with Gasteiger partial charge in [0.15, 0.2) is 5.96 Å². The van der Waals surface area contributed by atoms with E-state index in [9.17, 15) is 4.39 Å². The second kappa shape index (κ2) is 7.74. The summed E-state index contributed by atoms with van der Waals surface area (Å²) in [6.07, 6.45) is 4.71. The number of aliphatic imine (C=N–C) groups is 1. The average molecular weight is 351 g/mol. The number of halogens is 1. The van der Waals surface area contributed by atoms with Crippen LogP contribution in [0.4, 0.5) is 4.39 Å². The molecule has 1 aromatic carbocycles. The molecule has 2 fully saturated rings. The Kier molecular flexibility index (Phi) is 5.66. The molecule has 1 aromatic rings. The van der Waals surface area contributed by atoms with Crippen molar-refractivity contribution in [2.75, 3.05) is 26.4 Å². The zero-order valence-electron chi connectivity index (χ0n) is 14.7. The summed E-state index contributed by atoms with van der Waals surface area (Å²) in [5.41, 5.74) is 0.963. The van der Waals surface area contributed by atoms with Crippen molar-refractivity contribution in [1.29, 1.82) is 0 Å². The third-order valence-electron chi connectivity index (χ3n) is 4.94. The fourth-order valence-electron chi connectivity index (χ4n) is 3.36. The van der Waals surface area contributed by atoms with E-state index in [1.165, 1.54) is 25.5 Å². The Hall–Kier alpha value is -1.27. The number of benzene rings is 1. The standard InChI is InChI=1S/C18H27FN4S/c1-12-10-23(15-5-6-15)11-16(12)22-18(20-2)21-9-13-8-14(19)4-7-17(13)24-3/h4,7-8,12,15-16H,5-6,9-11H2,1-3H3,(H2,20,21,22). The Labute approximate surface area is 148 Å². The van der Waals surface area contributed by atoms with Gasteiger partial charge in [0.1, 0.15) is 5.82 Å². The third kappa shape index (κ3) is 4.22. The molecule has 1 aliphatic carbocycles. The molecule has 1 heterocycles. The van der Waals surface area contributed by atoms with E-state index in [4.69, 9.17) is 0 Å². The smallest absolute Gasteiger partial charge is 0.191 e. The summed E-state index contributed by atoms with van der Waals surface area (Å²) in [6, 6.07) is 6.17. The zero-order valence-corrected chi connectivity index (χ0v) is 15.5. The average Bonchev–Trinajstić information content (AvgIpc) is 3.36. The summed E-state index contributed by atoms with van der Waals surface area (Å²) in [7, 11) is 1.79. The first-order chi connectivity index (χ1) is 11.6. The van der Waals surface area contributed by atoms with E-state index >= 15 is 0 Å². The minimum absolute atomic E-state index is 0.197. The molecule has 2 unspecified atom stereocenters. The van der Waals surface area contributed by atoms with Crippen LogP contribution in [0.15, 0.2) is 28.1 Å². The largest absolute Gasteiger partial charge is 0.352 e. The zero-order chi connectivity index (χ0) is 17.1. The Morgan fingerprint density at radius 1 is 1.38 bits per heavy atom. The van der Waals surface area contributed by atoms with Gasteiger partial charge < -0.3 is 10.6 Å². The highest BCUT2D eigenvalue weighted by Gasteiger charge is 2.38. The quantitative estimate of drug-likeness (QED) is 0.487. The van der Waals surface area contributed by atoms with Gasteiger partial charge in [-0.1, -0.05) is 6.92 Å². The lowest BCUT2D eigenvalue weighted by molar-refractivity contribution is 0.315. The van der Waals surface area contributed by atoms with E-state index in [1.807, 2.05) is 12.3 Å². The van der Waals surface area contributed by atoms with Gasteiger partial charge in [-0.15, -0.1) is 11.8 Å². The number of thioether (sulfide) groups is 1. The first-order valence-electron chi connectivity index (χ1n) is 8.64. The Morgan fingerprint density at radius 3 is 2.83 bits per heavy atom. The van der Waals surface area contributed by atoms with Crippen molar-refractivity contribution in [3.63, 3.8) is 0 Å². The Bertz CT molecular complexity index is 603. The van der Waals surface area contributed by atoms with Gasteiger partial charge in [0.25, 0.3) is 0 Å². The van der Waals surface area contributed by atoms with Crippen LogP contribution < -0.4 is 10.6 Å². The van der Waals surface area contributed by atoms with Gasteiger partial charge in [0, 0.05) is 43.7 Å². The number of nitrogens with one attached hydrogen (secondary N) is 2. The minimum Gasteiger partial charge on any atom is -0.352 e. The predicted molar refractivity (Wildman–Crippen MR) is 99.1 cm³/mol. The fraction of sp³-hybridized carbons (Fsp3) is 0.611. The molecule has 4 nitrogen and oxygen atoms in total. The van der Waals surface area contributed by atoms with Crippen molar-refractivity contribution < 1.29 is 4.39 Å². The molecule has 1 saturated carbocycles. The first kappa shape index (κ1) is 17.5. The number of guanidine groups is 1. The van der Waals surface area contributed by atoms with Gasteiger partial charge in [0.2, 0.25) is 0 Å². The van der Waals surface area contributed by atoms with Crippen LogP contribution in [-0.2, 0) is 6.54 Å². The lowest BCUT2D eigenvalue weighted by Crippen LogP contribution is -2.46. The first-order valence-corrected chi connectivity index (χ1v) is 9.87. The topological polar surface area (TPSA) is 39.7 Å². The molecule has 24 heavy (non-hydrogen) atoms. The van der Waals surface area contributed by atoms with Crippen LogP contribution in [0.1, 0.15) is 25.3 Å². The highest BCUT2D eigenvalue weighted by Crippen LogP contribution is 2.31. The molecule has 0 radical (unpaired) electrons. The number of nitrogens with zero attached hydrogens (tertiary/aromatic N) is 2. The highest BCUT2D eigenvalue weighted by molar-refractivity contribution is 7.98. The van der Waals surface area contributed by atoms with E-state index < -0.39 is 0 Å². The van der Waals surface area contributed by atoms with E-state index in [1.54, 1.807) is 24.9 Å². The number of hydrogen-bond acceptors (Lipinski definition) is 3. The second-order valence-corrected chi connectivity index (χ2v) is 7.64. The maximum atomic E-state index is 13.5. The summed E-state index contributed by atoms with van der Waals surface area (Å²) in [5.74, 6) is 1.21. The third-order valence-corrected chi connectivity index (χ3v) is 5.78. The lowest BCUT2D eigenvalue weighted by atomic mass is 10.1. The molecule has 1 saturated heterocycles. The van der Waals surface area contributed by atoms with Crippen molar-refractivity contribution in [3.8, 4) is 0 Å². The van der Waals surface area contributed by atoms with E-state index in [0.29, 0.717) is 18.5 Å². The maximum absolute atomic E-state index is 13.5. The molecule has 3 rings (SSSR count). The normalized spacial score (nSPS) is 25.1. The minimum atomic E-state index is -0.197. The Balaban J connectivity index is 1.56. The number of likely N-dealkylation sites (tertiary alicyclic amines) is 1. The predicted octanol–water partition coefficient (Wildman–Crippen LogP) is 2.70. The van der Waals surface area contributed by atoms with Crippen LogP contribution in [0.5, 0.6) is 0 Å². The van der Waals surface area contributed by atoms with Crippen molar-refractivity contribution in [2.45, 2.75) is 43.3 Å². The molecule has 6 heteroatoms. The molecule has 1 aliphatic heterocycles. The van der Waals surface area contributed by atoms with Gasteiger partial charge in [-0.2, -0.15) is 0 Å². The van der Waals surface area contributed by atoms with Crippen LogP contribution in [0.3, 0.4) is 0 Å². The molecule has 132 valence electrons. The Morgan fingerprint density at radius 2 is 2.17 bits per heavy atom. The molecule has 0 aromatic heterocycles. The second-order valence-electron chi connectivity index (χ2n) is 6.80. The summed E-state index contributed by atoms with van der Waals surface area (Å²) in [4.78, 5) is 8.02. The summed E-state index contributed by atoms with van der Waals surface area (Å²) >= 11 is 1.63. The van der Waals surface area contributed by atoms with E-state index in [-0.39, 0.29) is 5.82 Å². The molecule has 0 amide bonds. The molecular weight excluding hydrogens is 323 g/mol. The van der Waals surface area contributed by atoms with Crippen molar-refractivity contribution in [2.24, 2.45) is 10.9 Å². The SMILES string of the molecule is CN=C(NCc1cc(F)ccc1SC)NC1CN(C2CC2)CC1C. The van der Waals surface area contributed by atoms with E-state index in [2.05, 4.69) is 27.4 Å². The molecule has 2 N–H and O–H groups in total. The lowest BCUT2D eigenvalue weighted by Gasteiger charge is -2.21. The fourth-order valence-corrected chi connectivity index (χ4v) is 3.96. The molecule has 2 aliphatic rings. The molecule has 0 bridgehead atoms. The maximum Gasteiger partial charge on any atom is 0.191 e. The van der Waals surface area contributed by atoms with Crippen LogP contribution in [-0.4, -0.2) is 49.3 Å². The van der Waals surface area contributed by atoms with Crippen LogP contribution >= 0.6 is 11.8 Å².